The van der Waals surface area contributed by atoms with Crippen LogP contribution in [0.3, 0.4) is 0 Å². The van der Waals surface area contributed by atoms with E-state index in [4.69, 9.17) is 4.74 Å². The average Bonchev–Trinajstić information content (AvgIpc) is 2.81. The van der Waals surface area contributed by atoms with Crippen molar-refractivity contribution in [1.82, 2.24) is 4.98 Å². The molecule has 8 nitrogen and oxygen atoms in total. The Balaban J connectivity index is 1.41. The van der Waals surface area contributed by atoms with E-state index in [2.05, 4.69) is 19.9 Å². The average molecular weight is 495 g/mol. The molecule has 3 aromatic rings. The second-order valence-electron chi connectivity index (χ2n) is 8.92. The fourth-order valence-corrected chi connectivity index (χ4v) is 5.36. The summed E-state index contributed by atoms with van der Waals surface area (Å²) >= 11 is 0. The molecule has 1 amide bonds. The first-order valence-electron chi connectivity index (χ1n) is 11.5. The minimum Gasteiger partial charge on any atom is -0.372 e. The van der Waals surface area contributed by atoms with Crippen molar-refractivity contribution in [1.29, 1.82) is 0 Å². The number of hydrogen-bond donors (Lipinski definition) is 2. The lowest BCUT2D eigenvalue weighted by molar-refractivity contribution is -0.00546. The van der Waals surface area contributed by atoms with Crippen molar-refractivity contribution in [3.05, 3.63) is 77.5 Å². The molecule has 1 aliphatic rings. The highest BCUT2D eigenvalue weighted by Gasteiger charge is 2.23. The summed E-state index contributed by atoms with van der Waals surface area (Å²) in [5, 5.41) is 2.79. The minimum absolute atomic E-state index is 0.109. The van der Waals surface area contributed by atoms with Crippen LogP contribution in [-0.2, 0) is 14.8 Å². The van der Waals surface area contributed by atoms with Gasteiger partial charge in [0.1, 0.15) is 5.82 Å². The number of sulfonamides is 1. The van der Waals surface area contributed by atoms with Crippen molar-refractivity contribution >= 4 is 33.1 Å². The van der Waals surface area contributed by atoms with Crippen LogP contribution in [0.25, 0.3) is 0 Å². The van der Waals surface area contributed by atoms with Gasteiger partial charge in [-0.1, -0.05) is 18.2 Å². The number of carbonyl (C=O) groups is 1. The molecule has 0 spiro atoms. The predicted molar refractivity (Wildman–Crippen MR) is 138 cm³/mol. The third kappa shape index (κ3) is 5.80. The van der Waals surface area contributed by atoms with Crippen LogP contribution in [0.15, 0.2) is 65.7 Å². The third-order valence-corrected chi connectivity index (χ3v) is 7.26. The predicted octanol–water partition coefficient (Wildman–Crippen LogP) is 4.37. The summed E-state index contributed by atoms with van der Waals surface area (Å²) in [5.74, 6) is 0.478. The number of pyridine rings is 1. The Kier molecular flexibility index (Phi) is 7.09. The molecule has 2 unspecified atom stereocenters. The maximum absolute atomic E-state index is 12.8. The Bertz CT molecular complexity index is 1280. The van der Waals surface area contributed by atoms with Crippen molar-refractivity contribution < 1.29 is 17.9 Å². The van der Waals surface area contributed by atoms with Gasteiger partial charge in [-0.15, -0.1) is 0 Å². The smallest absolute Gasteiger partial charge is 0.261 e. The number of nitrogens with one attached hydrogen (secondary N) is 2. The second-order valence-corrected chi connectivity index (χ2v) is 10.6. The minimum atomic E-state index is -3.77. The zero-order valence-corrected chi connectivity index (χ0v) is 21.1. The van der Waals surface area contributed by atoms with Crippen LogP contribution in [-0.4, -0.2) is 44.6 Å². The Hall–Kier alpha value is -3.43. The van der Waals surface area contributed by atoms with Gasteiger partial charge in [-0.05, 0) is 75.2 Å². The van der Waals surface area contributed by atoms with Crippen LogP contribution in [0.1, 0.15) is 35.3 Å². The molecule has 1 aliphatic heterocycles. The van der Waals surface area contributed by atoms with Gasteiger partial charge in [-0.2, -0.15) is 0 Å². The van der Waals surface area contributed by atoms with Gasteiger partial charge in [-0.3, -0.25) is 9.52 Å². The first kappa shape index (κ1) is 24.7. The van der Waals surface area contributed by atoms with E-state index in [1.165, 1.54) is 12.1 Å². The number of ether oxygens (including phenoxy) is 1. The van der Waals surface area contributed by atoms with Crippen molar-refractivity contribution in [2.45, 2.75) is 44.8 Å². The van der Waals surface area contributed by atoms with Gasteiger partial charge in [0.05, 0.1) is 28.4 Å². The van der Waals surface area contributed by atoms with E-state index in [-0.39, 0.29) is 23.0 Å². The topological polar surface area (TPSA) is 101 Å². The number of amides is 1. The highest BCUT2D eigenvalue weighted by Crippen LogP contribution is 2.24. The fraction of sp³-hybridized carbons (Fsp3) is 0.308. The molecule has 184 valence electrons. The number of carbonyl (C=O) groups excluding carboxylic acids is 1. The molecule has 2 heterocycles. The number of anilines is 3. The number of morpholine rings is 1. The molecule has 2 N–H and O–H groups in total. The van der Waals surface area contributed by atoms with Crippen LogP contribution in [0.2, 0.25) is 0 Å². The zero-order valence-electron chi connectivity index (χ0n) is 20.3. The molecule has 2 atom stereocenters. The monoisotopic (exact) mass is 494 g/mol. The van der Waals surface area contributed by atoms with Gasteiger partial charge < -0.3 is 15.0 Å². The van der Waals surface area contributed by atoms with E-state index in [0.29, 0.717) is 16.9 Å². The van der Waals surface area contributed by atoms with E-state index in [9.17, 15) is 13.2 Å². The molecule has 1 aromatic heterocycles. The highest BCUT2D eigenvalue weighted by atomic mass is 32.2. The molecule has 0 radical (unpaired) electrons. The largest absolute Gasteiger partial charge is 0.372 e. The Morgan fingerprint density at radius 3 is 2.17 bits per heavy atom. The lowest BCUT2D eigenvalue weighted by atomic mass is 10.1. The van der Waals surface area contributed by atoms with E-state index in [1.807, 2.05) is 52.0 Å². The van der Waals surface area contributed by atoms with E-state index in [1.54, 1.807) is 24.4 Å². The highest BCUT2D eigenvalue weighted by molar-refractivity contribution is 7.92. The molecule has 35 heavy (non-hydrogen) atoms. The molecule has 1 saturated heterocycles. The number of hydrogen-bond acceptors (Lipinski definition) is 6. The maximum atomic E-state index is 12.8. The fourth-order valence-electron chi connectivity index (χ4n) is 4.16. The van der Waals surface area contributed by atoms with Crippen molar-refractivity contribution in [2.24, 2.45) is 0 Å². The van der Waals surface area contributed by atoms with Crippen molar-refractivity contribution in [3.63, 3.8) is 0 Å². The van der Waals surface area contributed by atoms with Crippen molar-refractivity contribution in [2.75, 3.05) is 28.0 Å². The second kappa shape index (κ2) is 10.1. The molecular formula is C26H30N4O4S. The summed E-state index contributed by atoms with van der Waals surface area (Å²) in [6.45, 7) is 9.26. The molecule has 0 aliphatic carbocycles. The van der Waals surface area contributed by atoms with E-state index in [0.717, 1.165) is 30.0 Å². The number of rotatable bonds is 6. The van der Waals surface area contributed by atoms with Crippen LogP contribution in [0, 0.1) is 13.8 Å². The summed E-state index contributed by atoms with van der Waals surface area (Å²) in [6.07, 6.45) is 1.78. The van der Waals surface area contributed by atoms with E-state index >= 15 is 0 Å². The van der Waals surface area contributed by atoms with Crippen molar-refractivity contribution in [3.8, 4) is 0 Å². The van der Waals surface area contributed by atoms with Gasteiger partial charge in [0.15, 0.2) is 0 Å². The molecule has 9 heteroatoms. The maximum Gasteiger partial charge on any atom is 0.261 e. The SMILES string of the molecule is Cc1cccc(C)c1NS(=O)(=O)c1ccc(NC(=O)c2ccc(N3CC(C)OC(C)C3)nc2)cc1. The summed E-state index contributed by atoms with van der Waals surface area (Å²) in [4.78, 5) is 19.4. The van der Waals surface area contributed by atoms with Crippen LogP contribution >= 0.6 is 0 Å². The van der Waals surface area contributed by atoms with Crippen LogP contribution in [0.4, 0.5) is 17.2 Å². The molecule has 1 fully saturated rings. The summed E-state index contributed by atoms with van der Waals surface area (Å²) in [6, 6.07) is 15.2. The molecule has 4 rings (SSSR count). The molecule has 2 aromatic carbocycles. The third-order valence-electron chi connectivity index (χ3n) is 5.89. The first-order chi connectivity index (χ1) is 16.6. The van der Waals surface area contributed by atoms with Crippen LogP contribution < -0.4 is 14.9 Å². The molecular weight excluding hydrogens is 464 g/mol. The quantitative estimate of drug-likeness (QED) is 0.528. The first-order valence-corrected chi connectivity index (χ1v) is 13.0. The van der Waals surface area contributed by atoms with Gasteiger partial charge in [0.25, 0.3) is 15.9 Å². The number of nitrogens with zero attached hydrogens (tertiary/aromatic N) is 2. The molecule has 0 bridgehead atoms. The van der Waals surface area contributed by atoms with Gasteiger partial charge in [0.2, 0.25) is 0 Å². The lowest BCUT2D eigenvalue weighted by Gasteiger charge is -2.36. The Morgan fingerprint density at radius 2 is 1.60 bits per heavy atom. The Morgan fingerprint density at radius 1 is 0.971 bits per heavy atom. The summed E-state index contributed by atoms with van der Waals surface area (Å²) in [5.41, 5.74) is 3.16. The number of para-hydroxylation sites is 1. The number of benzene rings is 2. The van der Waals surface area contributed by atoms with Gasteiger partial charge >= 0.3 is 0 Å². The number of aromatic nitrogens is 1. The van der Waals surface area contributed by atoms with E-state index < -0.39 is 10.0 Å². The number of aryl methyl sites for hydroxylation is 2. The lowest BCUT2D eigenvalue weighted by Crippen LogP contribution is -2.45. The van der Waals surface area contributed by atoms with Gasteiger partial charge in [-0.25, -0.2) is 13.4 Å². The normalized spacial score (nSPS) is 18.2. The standard InChI is InChI=1S/C26H30N4O4S/c1-17-6-5-7-18(2)25(17)29-35(32,33)23-11-9-22(10-12-23)28-26(31)21-8-13-24(27-14-21)30-15-19(3)34-20(4)16-30/h5-14,19-20,29H,15-16H2,1-4H3,(H,28,31). The molecule has 0 saturated carbocycles. The zero-order chi connectivity index (χ0) is 25.2. The summed E-state index contributed by atoms with van der Waals surface area (Å²) in [7, 11) is -3.77. The summed E-state index contributed by atoms with van der Waals surface area (Å²) < 4.78 is 34.1. The van der Waals surface area contributed by atoms with Crippen LogP contribution in [0.5, 0.6) is 0 Å². The Labute approximate surface area is 206 Å². The van der Waals surface area contributed by atoms with Gasteiger partial charge in [0, 0.05) is 25.0 Å².